The molecule has 2 aromatic rings. The third-order valence-corrected chi connectivity index (χ3v) is 4.49. The summed E-state index contributed by atoms with van der Waals surface area (Å²) in [4.78, 5) is 11.7. The normalized spacial score (nSPS) is 11.3. The van der Waals surface area contributed by atoms with E-state index in [4.69, 9.17) is 11.6 Å². The van der Waals surface area contributed by atoms with Crippen LogP contribution >= 0.6 is 11.6 Å². The summed E-state index contributed by atoms with van der Waals surface area (Å²) in [5.74, 6) is 0.193. The zero-order valence-corrected chi connectivity index (χ0v) is 14.7. The van der Waals surface area contributed by atoms with Gasteiger partial charge in [-0.2, -0.15) is 0 Å². The molecule has 0 saturated heterocycles. The van der Waals surface area contributed by atoms with Crippen LogP contribution < -0.4 is 10.0 Å². The summed E-state index contributed by atoms with van der Waals surface area (Å²) >= 11 is 5.60. The predicted molar refractivity (Wildman–Crippen MR) is 92.4 cm³/mol. The molecule has 1 heterocycles. The number of aromatic nitrogens is 2. The second-order valence-corrected chi connectivity index (χ2v) is 7.59. The number of benzene rings is 1. The van der Waals surface area contributed by atoms with Gasteiger partial charge in [0.2, 0.25) is 5.91 Å². The minimum absolute atomic E-state index is 0.0427. The first kappa shape index (κ1) is 18.2. The highest BCUT2D eigenvalue weighted by Gasteiger charge is 2.15. The van der Waals surface area contributed by atoms with Crippen LogP contribution in [0.15, 0.2) is 41.3 Å². The van der Waals surface area contributed by atoms with Crippen molar-refractivity contribution < 1.29 is 13.2 Å². The Hall–Kier alpha value is -2.19. The smallest absolute Gasteiger partial charge is 0.263 e. The van der Waals surface area contributed by atoms with Crippen molar-refractivity contribution in [3.63, 3.8) is 0 Å². The van der Waals surface area contributed by atoms with Crippen LogP contribution in [0.1, 0.15) is 20.3 Å². The van der Waals surface area contributed by atoms with Gasteiger partial charge in [-0.3, -0.25) is 9.52 Å². The number of sulfonamides is 1. The number of anilines is 2. The fraction of sp³-hybridized carbons (Fsp3) is 0.267. The highest BCUT2D eigenvalue weighted by Crippen LogP contribution is 2.18. The highest BCUT2D eigenvalue weighted by molar-refractivity contribution is 7.92. The Bertz CT molecular complexity index is 806. The molecular weight excluding hydrogens is 352 g/mol. The van der Waals surface area contributed by atoms with Crippen molar-refractivity contribution in [2.24, 2.45) is 5.92 Å². The summed E-state index contributed by atoms with van der Waals surface area (Å²) in [5.41, 5.74) is 0.533. The predicted octanol–water partition coefficient (Wildman–Crippen LogP) is 2.92. The number of carbonyl (C=O) groups excluding carboxylic acids is 1. The summed E-state index contributed by atoms with van der Waals surface area (Å²) in [6, 6.07) is 8.70. The van der Waals surface area contributed by atoms with Crippen LogP contribution in [0.3, 0.4) is 0 Å². The standard InChI is InChI=1S/C15H17ClN4O3S/c1-10(2)9-15(21)17-11-3-5-12(6-4-11)24(22,23)20-14-8-7-13(16)18-19-14/h3-8,10H,9H2,1-2H3,(H,17,21)(H,19,20). The van der Waals surface area contributed by atoms with Crippen molar-refractivity contribution in [2.75, 3.05) is 10.0 Å². The van der Waals surface area contributed by atoms with Gasteiger partial charge in [0.15, 0.2) is 11.0 Å². The minimum atomic E-state index is -3.80. The molecule has 7 nitrogen and oxygen atoms in total. The number of hydrogen-bond donors (Lipinski definition) is 2. The maximum Gasteiger partial charge on any atom is 0.263 e. The minimum Gasteiger partial charge on any atom is -0.326 e. The number of nitrogens with one attached hydrogen (secondary N) is 2. The maximum absolute atomic E-state index is 12.3. The van der Waals surface area contributed by atoms with Gasteiger partial charge >= 0.3 is 0 Å². The van der Waals surface area contributed by atoms with Crippen LogP contribution in [0.4, 0.5) is 11.5 Å². The lowest BCUT2D eigenvalue weighted by Crippen LogP contribution is -2.15. The molecule has 24 heavy (non-hydrogen) atoms. The topological polar surface area (TPSA) is 101 Å². The molecule has 0 aliphatic carbocycles. The molecule has 0 unspecified atom stereocenters. The second-order valence-electron chi connectivity index (χ2n) is 5.52. The van der Waals surface area contributed by atoms with Crippen LogP contribution in [-0.2, 0) is 14.8 Å². The number of nitrogens with zero attached hydrogens (tertiary/aromatic N) is 2. The number of rotatable bonds is 6. The van der Waals surface area contributed by atoms with Gasteiger partial charge in [0.1, 0.15) is 0 Å². The van der Waals surface area contributed by atoms with Gasteiger partial charge in [-0.15, -0.1) is 10.2 Å². The lowest BCUT2D eigenvalue weighted by Gasteiger charge is -2.09. The van der Waals surface area contributed by atoms with Crippen molar-refractivity contribution in [2.45, 2.75) is 25.2 Å². The Morgan fingerprint density at radius 3 is 2.33 bits per heavy atom. The van der Waals surface area contributed by atoms with Crippen LogP contribution in [0, 0.1) is 5.92 Å². The summed E-state index contributed by atoms with van der Waals surface area (Å²) < 4.78 is 26.8. The molecule has 2 N–H and O–H groups in total. The van der Waals surface area contributed by atoms with Crippen molar-refractivity contribution in [3.05, 3.63) is 41.6 Å². The van der Waals surface area contributed by atoms with E-state index in [1.54, 1.807) is 0 Å². The Morgan fingerprint density at radius 2 is 1.79 bits per heavy atom. The fourth-order valence-corrected chi connectivity index (χ4v) is 2.96. The van der Waals surface area contributed by atoms with E-state index in [1.165, 1.54) is 36.4 Å². The van der Waals surface area contributed by atoms with E-state index in [2.05, 4.69) is 20.2 Å². The monoisotopic (exact) mass is 368 g/mol. The largest absolute Gasteiger partial charge is 0.326 e. The molecule has 0 saturated carbocycles. The molecule has 1 aromatic carbocycles. The molecule has 0 radical (unpaired) electrons. The third-order valence-electron chi connectivity index (χ3n) is 2.91. The Balaban J connectivity index is 2.08. The number of carbonyl (C=O) groups is 1. The molecule has 0 aliphatic heterocycles. The van der Waals surface area contributed by atoms with E-state index >= 15 is 0 Å². The fourth-order valence-electron chi connectivity index (χ4n) is 1.87. The highest BCUT2D eigenvalue weighted by atomic mass is 35.5. The van der Waals surface area contributed by atoms with Gasteiger partial charge in [-0.1, -0.05) is 25.4 Å². The lowest BCUT2D eigenvalue weighted by atomic mass is 10.1. The van der Waals surface area contributed by atoms with E-state index in [0.29, 0.717) is 12.1 Å². The van der Waals surface area contributed by atoms with Gasteiger partial charge in [0.05, 0.1) is 4.90 Å². The average molecular weight is 369 g/mol. The lowest BCUT2D eigenvalue weighted by molar-refractivity contribution is -0.116. The zero-order chi connectivity index (χ0) is 17.7. The molecule has 128 valence electrons. The summed E-state index contributed by atoms with van der Waals surface area (Å²) in [6.45, 7) is 3.89. The third kappa shape index (κ3) is 5.17. The van der Waals surface area contributed by atoms with Crippen molar-refractivity contribution >= 4 is 39.0 Å². The van der Waals surface area contributed by atoms with E-state index in [9.17, 15) is 13.2 Å². The molecule has 0 spiro atoms. The summed E-state index contributed by atoms with van der Waals surface area (Å²) in [7, 11) is -3.80. The van der Waals surface area contributed by atoms with Crippen LogP contribution in [0.2, 0.25) is 5.15 Å². The average Bonchev–Trinajstić information content (AvgIpc) is 2.49. The molecule has 0 atom stereocenters. The quantitative estimate of drug-likeness (QED) is 0.816. The van der Waals surface area contributed by atoms with Gasteiger partial charge in [0, 0.05) is 12.1 Å². The van der Waals surface area contributed by atoms with Crippen LogP contribution in [0.5, 0.6) is 0 Å². The van der Waals surface area contributed by atoms with E-state index in [-0.39, 0.29) is 27.7 Å². The Labute approximate surface area is 145 Å². The zero-order valence-electron chi connectivity index (χ0n) is 13.2. The van der Waals surface area contributed by atoms with Gasteiger partial charge in [-0.05, 0) is 42.3 Å². The SMILES string of the molecule is CC(C)CC(=O)Nc1ccc(S(=O)(=O)Nc2ccc(Cl)nn2)cc1. The van der Waals surface area contributed by atoms with E-state index in [1.807, 2.05) is 13.8 Å². The number of hydrogen-bond acceptors (Lipinski definition) is 5. The Morgan fingerprint density at radius 1 is 1.12 bits per heavy atom. The Kier molecular flexibility index (Phi) is 5.74. The molecule has 0 aliphatic rings. The molecule has 1 amide bonds. The first-order valence-electron chi connectivity index (χ1n) is 7.18. The first-order chi connectivity index (χ1) is 11.3. The molecule has 9 heteroatoms. The molecular formula is C15H17ClN4O3S. The van der Waals surface area contributed by atoms with Gasteiger partial charge < -0.3 is 5.32 Å². The van der Waals surface area contributed by atoms with Gasteiger partial charge in [-0.25, -0.2) is 8.42 Å². The molecule has 1 aromatic heterocycles. The van der Waals surface area contributed by atoms with Crippen LogP contribution in [0.25, 0.3) is 0 Å². The van der Waals surface area contributed by atoms with Crippen molar-refractivity contribution in [1.29, 1.82) is 0 Å². The maximum atomic E-state index is 12.3. The molecule has 2 rings (SSSR count). The summed E-state index contributed by atoms with van der Waals surface area (Å²) in [6.07, 6.45) is 0.400. The molecule has 0 fully saturated rings. The van der Waals surface area contributed by atoms with Gasteiger partial charge in [0.25, 0.3) is 10.0 Å². The first-order valence-corrected chi connectivity index (χ1v) is 9.04. The number of amides is 1. The number of halogens is 1. The van der Waals surface area contributed by atoms with Crippen LogP contribution in [-0.4, -0.2) is 24.5 Å². The van der Waals surface area contributed by atoms with E-state index in [0.717, 1.165) is 0 Å². The van der Waals surface area contributed by atoms with E-state index < -0.39 is 10.0 Å². The molecule has 0 bridgehead atoms. The second kappa shape index (κ2) is 7.59. The van der Waals surface area contributed by atoms with Crippen molar-refractivity contribution in [3.8, 4) is 0 Å². The van der Waals surface area contributed by atoms with Crippen molar-refractivity contribution in [1.82, 2.24) is 10.2 Å². The summed E-state index contributed by atoms with van der Waals surface area (Å²) in [5, 5.41) is 10.1.